The molecule has 0 fully saturated rings. The zero-order valence-electron chi connectivity index (χ0n) is 18.7. The van der Waals surface area contributed by atoms with E-state index in [9.17, 15) is 9.59 Å². The Hall–Kier alpha value is -3.06. The van der Waals surface area contributed by atoms with Gasteiger partial charge in [-0.25, -0.2) is 4.79 Å². The summed E-state index contributed by atoms with van der Waals surface area (Å²) in [6.45, 7) is 3.95. The fraction of sp³-hybridized carbons (Fsp3) is 0.360. The van der Waals surface area contributed by atoms with Crippen LogP contribution < -0.4 is 14.8 Å². The van der Waals surface area contributed by atoms with Crippen LogP contribution in [0.2, 0.25) is 0 Å². The van der Waals surface area contributed by atoms with Crippen molar-refractivity contribution in [1.29, 1.82) is 0 Å². The summed E-state index contributed by atoms with van der Waals surface area (Å²) in [4.78, 5) is 27.3. The monoisotopic (exact) mass is 453 g/mol. The number of ketones is 1. The topological polar surface area (TPSA) is 73.9 Å². The van der Waals surface area contributed by atoms with Crippen LogP contribution in [0.3, 0.4) is 0 Å². The molecular formula is C25H27NO5S. The average molecular weight is 454 g/mol. The molecule has 0 unspecified atom stereocenters. The zero-order chi connectivity index (χ0) is 22.8. The number of ether oxygens (including phenoxy) is 3. The third-order valence-electron chi connectivity index (χ3n) is 6.03. The fourth-order valence-corrected chi connectivity index (χ4v) is 5.44. The van der Waals surface area contributed by atoms with E-state index in [2.05, 4.69) is 5.32 Å². The quantitative estimate of drug-likeness (QED) is 0.640. The van der Waals surface area contributed by atoms with Gasteiger partial charge in [-0.3, -0.25) is 4.79 Å². The Kier molecular flexibility index (Phi) is 6.37. The van der Waals surface area contributed by atoms with Crippen LogP contribution in [0, 0.1) is 0 Å². The Balaban J connectivity index is 1.74. The van der Waals surface area contributed by atoms with E-state index in [4.69, 9.17) is 14.2 Å². The Bertz CT molecular complexity index is 1100. The van der Waals surface area contributed by atoms with E-state index >= 15 is 0 Å². The highest BCUT2D eigenvalue weighted by Crippen LogP contribution is 2.47. The van der Waals surface area contributed by atoms with Gasteiger partial charge in [0.2, 0.25) is 0 Å². The number of carbonyl (C=O) groups is 2. The highest BCUT2D eigenvalue weighted by molar-refractivity contribution is 7.10. The summed E-state index contributed by atoms with van der Waals surface area (Å²) in [7, 11) is 3.21. The van der Waals surface area contributed by atoms with E-state index in [-0.39, 0.29) is 24.3 Å². The van der Waals surface area contributed by atoms with E-state index in [1.165, 1.54) is 0 Å². The Morgan fingerprint density at radius 2 is 1.94 bits per heavy atom. The molecule has 0 saturated heterocycles. The molecule has 7 heteroatoms. The van der Waals surface area contributed by atoms with Crippen LogP contribution in [0.15, 0.2) is 58.3 Å². The number of Topliss-reactive ketones (excluding diaryl/α,β-unsaturated/α-hetero) is 1. The standard InChI is InChI=1S/C25H27NO5S/c1-5-31-25(28)22-14(2)26-17-11-16(15-8-9-19(29-3)20(13-15)30-4)12-18(27)23(17)24(22)21-7-6-10-32-21/h6-10,13,16,24,26H,5,11-12H2,1-4H3/t16-,24+/m0/s1. The molecule has 1 aliphatic heterocycles. The summed E-state index contributed by atoms with van der Waals surface area (Å²) in [5.41, 5.74) is 3.84. The summed E-state index contributed by atoms with van der Waals surface area (Å²) in [6.07, 6.45) is 1.04. The summed E-state index contributed by atoms with van der Waals surface area (Å²) in [6, 6.07) is 9.72. The highest BCUT2D eigenvalue weighted by Gasteiger charge is 2.41. The van der Waals surface area contributed by atoms with Crippen molar-refractivity contribution >= 4 is 23.1 Å². The largest absolute Gasteiger partial charge is 0.493 e. The Morgan fingerprint density at radius 1 is 1.16 bits per heavy atom. The number of carbonyl (C=O) groups excluding carboxylic acids is 2. The molecule has 2 aliphatic rings. The minimum atomic E-state index is -0.399. The summed E-state index contributed by atoms with van der Waals surface area (Å²) in [5.74, 6) is 0.581. The minimum Gasteiger partial charge on any atom is -0.493 e. The predicted molar refractivity (Wildman–Crippen MR) is 123 cm³/mol. The first kappa shape index (κ1) is 22.1. The normalized spacial score (nSPS) is 20.6. The lowest BCUT2D eigenvalue weighted by atomic mass is 9.73. The van der Waals surface area contributed by atoms with Crippen LogP contribution in [0.4, 0.5) is 0 Å². The van der Waals surface area contributed by atoms with Gasteiger partial charge >= 0.3 is 5.97 Å². The minimum absolute atomic E-state index is 0.00878. The molecular weight excluding hydrogens is 426 g/mol. The summed E-state index contributed by atoms with van der Waals surface area (Å²) < 4.78 is 16.1. The van der Waals surface area contributed by atoms with Crippen molar-refractivity contribution in [3.05, 3.63) is 68.7 Å². The van der Waals surface area contributed by atoms with Crippen molar-refractivity contribution in [2.24, 2.45) is 0 Å². The molecule has 6 nitrogen and oxygen atoms in total. The lowest BCUT2D eigenvalue weighted by Gasteiger charge is -2.36. The maximum atomic E-state index is 13.5. The van der Waals surface area contributed by atoms with Crippen molar-refractivity contribution in [3.63, 3.8) is 0 Å². The number of nitrogens with one attached hydrogen (secondary N) is 1. The molecule has 1 aromatic heterocycles. The molecule has 4 rings (SSSR count). The van der Waals surface area contributed by atoms with Crippen molar-refractivity contribution in [1.82, 2.24) is 5.32 Å². The number of hydrogen-bond acceptors (Lipinski definition) is 7. The molecule has 2 aromatic rings. The van der Waals surface area contributed by atoms with Gasteiger partial charge < -0.3 is 19.5 Å². The van der Waals surface area contributed by atoms with Crippen LogP contribution >= 0.6 is 11.3 Å². The fourth-order valence-electron chi connectivity index (χ4n) is 4.60. The van der Waals surface area contributed by atoms with Gasteiger partial charge in [0.25, 0.3) is 0 Å². The highest BCUT2D eigenvalue weighted by atomic mass is 32.1. The second-order valence-corrected chi connectivity index (χ2v) is 8.85. The van der Waals surface area contributed by atoms with Gasteiger partial charge in [-0.05, 0) is 55.3 Å². The maximum absolute atomic E-state index is 13.5. The molecule has 1 aliphatic carbocycles. The van der Waals surface area contributed by atoms with Crippen LogP contribution in [0.1, 0.15) is 49.0 Å². The van der Waals surface area contributed by atoms with Gasteiger partial charge in [-0.1, -0.05) is 12.1 Å². The molecule has 168 valence electrons. The first-order chi connectivity index (χ1) is 15.5. The summed E-state index contributed by atoms with van der Waals surface area (Å²) in [5, 5.41) is 5.33. The molecule has 2 atom stereocenters. The first-order valence-electron chi connectivity index (χ1n) is 10.6. The van der Waals surface area contributed by atoms with Gasteiger partial charge in [0.05, 0.1) is 32.3 Å². The molecule has 0 spiro atoms. The van der Waals surface area contributed by atoms with E-state index in [1.54, 1.807) is 32.5 Å². The van der Waals surface area contributed by atoms with Crippen molar-refractivity contribution in [2.45, 2.75) is 38.5 Å². The Labute approximate surface area is 191 Å². The number of rotatable bonds is 6. The number of thiophene rings is 1. The van der Waals surface area contributed by atoms with Gasteiger partial charge in [-0.2, -0.15) is 0 Å². The predicted octanol–water partition coefficient (Wildman–Crippen LogP) is 4.69. The van der Waals surface area contributed by atoms with Gasteiger partial charge in [0.15, 0.2) is 17.3 Å². The molecule has 1 N–H and O–H groups in total. The van der Waals surface area contributed by atoms with E-state index in [0.29, 0.717) is 35.5 Å². The molecule has 0 radical (unpaired) electrons. The van der Waals surface area contributed by atoms with E-state index in [1.807, 2.05) is 42.6 Å². The molecule has 2 heterocycles. The smallest absolute Gasteiger partial charge is 0.336 e. The van der Waals surface area contributed by atoms with Crippen LogP contribution in [-0.4, -0.2) is 32.6 Å². The number of methoxy groups -OCH3 is 2. The number of benzene rings is 1. The van der Waals surface area contributed by atoms with E-state index < -0.39 is 5.92 Å². The second-order valence-electron chi connectivity index (χ2n) is 7.87. The Morgan fingerprint density at radius 3 is 2.59 bits per heavy atom. The number of esters is 1. The van der Waals surface area contributed by atoms with Gasteiger partial charge in [-0.15, -0.1) is 11.3 Å². The van der Waals surface area contributed by atoms with Crippen LogP contribution in [0.5, 0.6) is 11.5 Å². The molecule has 0 bridgehead atoms. The number of dihydropyridines is 1. The molecule has 32 heavy (non-hydrogen) atoms. The first-order valence-corrected chi connectivity index (χ1v) is 11.5. The van der Waals surface area contributed by atoms with Crippen molar-refractivity contribution in [3.8, 4) is 11.5 Å². The molecule has 0 amide bonds. The second kappa shape index (κ2) is 9.20. The SMILES string of the molecule is CCOC(=O)C1=C(C)NC2=C(C(=O)C[C@@H](c3ccc(OC)c(OC)c3)C2)[C@@H]1c1cccs1. The third-order valence-corrected chi connectivity index (χ3v) is 6.97. The van der Waals surface area contributed by atoms with Crippen molar-refractivity contribution in [2.75, 3.05) is 20.8 Å². The zero-order valence-corrected chi connectivity index (χ0v) is 19.5. The summed E-state index contributed by atoms with van der Waals surface area (Å²) >= 11 is 1.55. The van der Waals surface area contributed by atoms with E-state index in [0.717, 1.165) is 21.8 Å². The van der Waals surface area contributed by atoms with Crippen LogP contribution in [-0.2, 0) is 14.3 Å². The molecule has 0 saturated carbocycles. The van der Waals surface area contributed by atoms with Crippen LogP contribution in [0.25, 0.3) is 0 Å². The number of hydrogen-bond donors (Lipinski definition) is 1. The van der Waals surface area contributed by atoms with Gasteiger partial charge in [0, 0.05) is 28.3 Å². The number of allylic oxidation sites excluding steroid dienone is 3. The average Bonchev–Trinajstić information content (AvgIpc) is 3.32. The maximum Gasteiger partial charge on any atom is 0.336 e. The molecule has 1 aromatic carbocycles. The van der Waals surface area contributed by atoms with Gasteiger partial charge in [0.1, 0.15) is 0 Å². The lowest BCUT2D eigenvalue weighted by Crippen LogP contribution is -2.35. The lowest BCUT2D eigenvalue weighted by molar-refractivity contribution is -0.138. The van der Waals surface area contributed by atoms with Crippen molar-refractivity contribution < 1.29 is 23.8 Å². The third kappa shape index (κ3) is 3.93.